The van der Waals surface area contributed by atoms with E-state index in [4.69, 9.17) is 4.42 Å². The lowest BCUT2D eigenvalue weighted by Crippen LogP contribution is -2.29. The molecule has 70 heavy (non-hydrogen) atoms. The maximum atomic E-state index is 6.56. The zero-order valence-electron chi connectivity index (χ0n) is 38.2. The Hall–Kier alpha value is -8.98. The number of hydrogen-bond acceptors (Lipinski definition) is 2. The molecule has 1 heterocycles. The van der Waals surface area contributed by atoms with Crippen molar-refractivity contribution >= 4 is 39.0 Å². The van der Waals surface area contributed by atoms with Crippen LogP contribution in [-0.2, 0) is 11.8 Å². The van der Waals surface area contributed by atoms with Crippen LogP contribution in [0.4, 0.5) is 17.1 Å². The molecule has 0 bridgehead atoms. The lowest BCUT2D eigenvalue weighted by atomic mass is 9.65. The normalized spacial score (nSPS) is 14.6. The van der Waals surface area contributed by atoms with Gasteiger partial charge in [-0.15, -0.1) is 0 Å². The summed E-state index contributed by atoms with van der Waals surface area (Å²) in [6.07, 6.45) is 0.943. The number of rotatable bonds is 5. The molecule has 1 spiro atoms. The summed E-state index contributed by atoms with van der Waals surface area (Å²) >= 11 is 0. The van der Waals surface area contributed by atoms with E-state index in [0.29, 0.717) is 0 Å². The first-order chi connectivity index (χ1) is 34.7. The summed E-state index contributed by atoms with van der Waals surface area (Å²) in [4.78, 5) is 2.48. The second-order valence-electron chi connectivity index (χ2n) is 19.0. The monoisotopic (exact) mass is 889 g/mol. The molecule has 2 nitrogen and oxygen atoms in total. The molecule has 0 amide bonds. The summed E-state index contributed by atoms with van der Waals surface area (Å²) < 4.78 is 6.56. The second-order valence-corrected chi connectivity index (χ2v) is 19.0. The van der Waals surface area contributed by atoms with Gasteiger partial charge in [-0.05, 0) is 132 Å². The number of furan rings is 1. The van der Waals surface area contributed by atoms with Crippen LogP contribution < -0.4 is 4.90 Å². The number of para-hydroxylation sites is 3. The fourth-order valence-electron chi connectivity index (χ4n) is 12.7. The highest BCUT2D eigenvalue weighted by atomic mass is 16.3. The van der Waals surface area contributed by atoms with Gasteiger partial charge >= 0.3 is 0 Å². The molecule has 11 aromatic carbocycles. The van der Waals surface area contributed by atoms with Gasteiger partial charge < -0.3 is 9.32 Å². The molecule has 2 heteroatoms. The average Bonchev–Trinajstić information content (AvgIpc) is 4.09. The minimum Gasteiger partial charge on any atom is -0.455 e. The lowest BCUT2D eigenvalue weighted by Gasteiger charge is -2.37. The molecule has 0 radical (unpaired) electrons. The number of nitrogens with zero attached hydrogens (tertiary/aromatic N) is 1. The van der Waals surface area contributed by atoms with Gasteiger partial charge in [0.2, 0.25) is 0 Å². The molecular weight excluding hydrogens is 847 g/mol. The molecule has 3 aliphatic carbocycles. The van der Waals surface area contributed by atoms with Gasteiger partial charge in [-0.25, -0.2) is 0 Å². The summed E-state index contributed by atoms with van der Waals surface area (Å²) in [5.41, 5.74) is 27.3. The Morgan fingerprint density at radius 1 is 0.329 bits per heavy atom. The SMILES string of the molecule is c1ccc(-c2ccccc2N(c2ccc(-c3cccc4c3oc3ccccc34)cc2)c2ccc3c(c2)C2(c4ccccc4-c4ccccc4-3)c3ccccc3-c3c2ccc2c3-c3ccccc3C2)cc1. The average molecular weight is 890 g/mol. The van der Waals surface area contributed by atoms with Crippen LogP contribution in [0.2, 0.25) is 0 Å². The van der Waals surface area contributed by atoms with Crippen LogP contribution in [0.5, 0.6) is 0 Å². The Morgan fingerprint density at radius 3 is 1.73 bits per heavy atom. The second kappa shape index (κ2) is 15.0. The highest BCUT2D eigenvalue weighted by molar-refractivity contribution is 6.10. The molecule has 3 aliphatic rings. The van der Waals surface area contributed by atoms with Crippen LogP contribution >= 0.6 is 0 Å². The smallest absolute Gasteiger partial charge is 0.143 e. The van der Waals surface area contributed by atoms with Crippen molar-refractivity contribution in [2.45, 2.75) is 11.8 Å². The van der Waals surface area contributed by atoms with Gasteiger partial charge in [-0.2, -0.15) is 0 Å². The number of hydrogen-bond donors (Lipinski definition) is 0. The number of fused-ring (bicyclic) bond motifs is 19. The van der Waals surface area contributed by atoms with Crippen molar-refractivity contribution in [2.75, 3.05) is 4.90 Å². The Labute approximate surface area is 407 Å². The van der Waals surface area contributed by atoms with Gasteiger partial charge in [0.05, 0.1) is 11.1 Å². The van der Waals surface area contributed by atoms with Gasteiger partial charge in [-0.1, -0.05) is 212 Å². The summed E-state index contributed by atoms with van der Waals surface area (Å²) in [5, 5.41) is 2.26. The van der Waals surface area contributed by atoms with Crippen molar-refractivity contribution in [1.29, 1.82) is 0 Å². The Balaban J connectivity index is 1.01. The molecule has 15 rings (SSSR count). The predicted molar refractivity (Wildman–Crippen MR) is 289 cm³/mol. The molecule has 1 aromatic heterocycles. The van der Waals surface area contributed by atoms with Crippen LogP contribution in [-0.4, -0.2) is 0 Å². The third-order valence-electron chi connectivity index (χ3n) is 15.5. The van der Waals surface area contributed by atoms with Crippen molar-refractivity contribution in [3.63, 3.8) is 0 Å². The topological polar surface area (TPSA) is 16.4 Å². The first kappa shape index (κ1) is 39.1. The summed E-state index contributed by atoms with van der Waals surface area (Å²) in [7, 11) is 0. The fourth-order valence-corrected chi connectivity index (χ4v) is 12.7. The van der Waals surface area contributed by atoms with Crippen molar-refractivity contribution in [2.24, 2.45) is 0 Å². The van der Waals surface area contributed by atoms with Crippen LogP contribution in [0.25, 0.3) is 88.7 Å². The third-order valence-corrected chi connectivity index (χ3v) is 15.5. The molecule has 0 aliphatic heterocycles. The lowest BCUT2D eigenvalue weighted by molar-refractivity contribution is 0.670. The zero-order valence-corrected chi connectivity index (χ0v) is 38.2. The van der Waals surface area contributed by atoms with Crippen molar-refractivity contribution < 1.29 is 4.42 Å². The van der Waals surface area contributed by atoms with Crippen molar-refractivity contribution in [1.82, 2.24) is 0 Å². The Kier molecular flexibility index (Phi) is 8.38. The molecule has 1 atom stereocenters. The van der Waals surface area contributed by atoms with E-state index in [0.717, 1.165) is 67.7 Å². The van der Waals surface area contributed by atoms with E-state index >= 15 is 0 Å². The molecule has 12 aromatic rings. The van der Waals surface area contributed by atoms with E-state index in [2.05, 4.69) is 248 Å². The predicted octanol–water partition coefficient (Wildman–Crippen LogP) is 18.0. The van der Waals surface area contributed by atoms with Crippen molar-refractivity contribution in [3.05, 3.63) is 282 Å². The van der Waals surface area contributed by atoms with E-state index in [-0.39, 0.29) is 0 Å². The largest absolute Gasteiger partial charge is 0.455 e. The maximum Gasteiger partial charge on any atom is 0.143 e. The Bertz CT molecular complexity index is 4100. The van der Waals surface area contributed by atoms with Crippen LogP contribution in [0.1, 0.15) is 33.4 Å². The van der Waals surface area contributed by atoms with Crippen LogP contribution in [0.15, 0.2) is 253 Å². The van der Waals surface area contributed by atoms with E-state index in [1.165, 1.54) is 77.9 Å². The minimum absolute atomic E-state index is 0.654. The third kappa shape index (κ3) is 5.44. The van der Waals surface area contributed by atoms with E-state index < -0.39 is 5.41 Å². The Morgan fingerprint density at radius 2 is 0.914 bits per heavy atom. The fraction of sp³-hybridized carbons (Fsp3) is 0.0294. The highest BCUT2D eigenvalue weighted by Gasteiger charge is 2.51. The molecule has 326 valence electrons. The quantitative estimate of drug-likeness (QED) is 0.171. The van der Waals surface area contributed by atoms with Gasteiger partial charge in [0, 0.05) is 33.3 Å². The van der Waals surface area contributed by atoms with Gasteiger partial charge in [0.1, 0.15) is 11.2 Å². The van der Waals surface area contributed by atoms with E-state index in [1.54, 1.807) is 0 Å². The van der Waals surface area contributed by atoms with Gasteiger partial charge in [0.25, 0.3) is 0 Å². The molecule has 0 fully saturated rings. The maximum absolute atomic E-state index is 6.56. The van der Waals surface area contributed by atoms with Crippen LogP contribution in [0, 0.1) is 0 Å². The molecule has 1 unspecified atom stereocenters. The molecule has 0 N–H and O–H groups in total. The van der Waals surface area contributed by atoms with Crippen LogP contribution in [0.3, 0.4) is 0 Å². The highest BCUT2D eigenvalue weighted by Crippen LogP contribution is 2.64. The standard InChI is InChI=1S/C68H43NO/c1-2-17-43(18-3-1)49-20-10-14-31-63(49)69(47-36-33-44(34-37-47)51-27-16-28-57-56-25-11-15-32-64(56)70-67(51)57)48-38-39-55-53-23-7-6-22-52(53)54-24-8-12-29-59(54)68(62(55)42-48)60-30-13-9-26-58(60)66-61(68)40-35-46-41-45-19-4-5-21-50(45)65(46)66/h1-40,42H,41H2. The molecule has 0 saturated carbocycles. The minimum atomic E-state index is -0.654. The summed E-state index contributed by atoms with van der Waals surface area (Å²) in [6, 6.07) is 92.3. The summed E-state index contributed by atoms with van der Waals surface area (Å²) in [5.74, 6) is 0. The first-order valence-corrected chi connectivity index (χ1v) is 24.4. The zero-order chi connectivity index (χ0) is 45.9. The van der Waals surface area contributed by atoms with Gasteiger partial charge in [-0.3, -0.25) is 0 Å². The van der Waals surface area contributed by atoms with E-state index in [1.807, 2.05) is 6.07 Å². The van der Waals surface area contributed by atoms with Crippen molar-refractivity contribution in [3.8, 4) is 66.8 Å². The number of benzene rings is 11. The number of anilines is 3. The van der Waals surface area contributed by atoms with Gasteiger partial charge in [0.15, 0.2) is 0 Å². The van der Waals surface area contributed by atoms with E-state index in [9.17, 15) is 0 Å². The molecule has 0 saturated heterocycles. The molecular formula is C68H43NO. The summed E-state index contributed by atoms with van der Waals surface area (Å²) in [6.45, 7) is 0. The first-order valence-electron chi connectivity index (χ1n) is 24.4.